The van der Waals surface area contributed by atoms with Crippen LogP contribution in [0, 0.1) is 5.92 Å². The molecule has 10 heavy (non-hydrogen) atoms. The summed E-state index contributed by atoms with van der Waals surface area (Å²) in [6.45, 7) is 1.24. The Hall–Kier alpha value is -0.150. The summed E-state index contributed by atoms with van der Waals surface area (Å²) in [5.41, 5.74) is 5.44. The van der Waals surface area contributed by atoms with Gasteiger partial charge in [-0.15, -0.1) is 0 Å². The Morgan fingerprint density at radius 1 is 1.60 bits per heavy atom. The van der Waals surface area contributed by atoms with Gasteiger partial charge in [-0.05, 0) is 18.8 Å². The molecule has 1 saturated heterocycles. The van der Waals surface area contributed by atoms with Gasteiger partial charge in [0.15, 0.2) is 0 Å². The van der Waals surface area contributed by atoms with Gasteiger partial charge in [-0.25, -0.2) is 5.32 Å². The molecule has 0 amide bonds. The fraction of sp³-hybridized carbons (Fsp3) is 1.00. The number of rotatable bonds is 3. The summed E-state index contributed by atoms with van der Waals surface area (Å²) in [4.78, 5) is 0. The van der Waals surface area contributed by atoms with E-state index in [1.807, 2.05) is 0 Å². The molecule has 2 atom stereocenters. The minimum atomic E-state index is -0.226. The van der Waals surface area contributed by atoms with Crippen LogP contribution in [-0.2, 0) is 0 Å². The van der Waals surface area contributed by atoms with Crippen molar-refractivity contribution >= 4 is 0 Å². The highest BCUT2D eigenvalue weighted by molar-refractivity contribution is 4.83. The van der Waals surface area contributed by atoms with Gasteiger partial charge >= 0.3 is 0 Å². The van der Waals surface area contributed by atoms with Crippen LogP contribution < -0.4 is 11.1 Å². The molecule has 1 heterocycles. The van der Waals surface area contributed by atoms with Gasteiger partial charge in [-0.2, -0.15) is 0 Å². The van der Waals surface area contributed by atoms with Crippen LogP contribution in [0.1, 0.15) is 12.8 Å². The van der Waals surface area contributed by atoms with Gasteiger partial charge in [-0.1, -0.05) is 0 Å². The highest BCUT2D eigenvalue weighted by Gasteiger charge is 2.25. The van der Waals surface area contributed by atoms with Crippen LogP contribution >= 0.6 is 0 Å². The van der Waals surface area contributed by atoms with E-state index in [0.717, 1.165) is 13.0 Å². The lowest BCUT2D eigenvalue weighted by Crippen LogP contribution is -2.30. The van der Waals surface area contributed by atoms with Crippen LogP contribution in [-0.4, -0.2) is 25.8 Å². The quantitative estimate of drug-likeness (QED) is 0.609. The molecule has 2 N–H and O–H groups in total. The summed E-state index contributed by atoms with van der Waals surface area (Å²) in [6, 6.07) is 0.246. The fourth-order valence-corrected chi connectivity index (χ4v) is 1.49. The molecule has 1 rings (SSSR count). The molecule has 1 aliphatic heterocycles. The van der Waals surface area contributed by atoms with E-state index in [1.165, 1.54) is 0 Å². The zero-order valence-electron chi connectivity index (χ0n) is 6.09. The van der Waals surface area contributed by atoms with Crippen molar-refractivity contribution < 1.29 is 4.39 Å². The predicted molar refractivity (Wildman–Crippen MR) is 38.5 cm³/mol. The largest absolute Gasteiger partial charge is 0.329 e. The van der Waals surface area contributed by atoms with Crippen LogP contribution in [0.15, 0.2) is 0 Å². The third kappa shape index (κ3) is 1.67. The Morgan fingerprint density at radius 3 is 3.00 bits per heavy atom. The van der Waals surface area contributed by atoms with Crippen molar-refractivity contribution in [3.8, 4) is 0 Å². The molecule has 0 aromatic heterocycles. The lowest BCUT2D eigenvalue weighted by Gasteiger charge is -2.13. The topological polar surface area (TPSA) is 40.1 Å². The van der Waals surface area contributed by atoms with Crippen LogP contribution in [0.2, 0.25) is 0 Å². The maximum Gasteiger partial charge on any atom is 0.0897 e. The van der Waals surface area contributed by atoms with Crippen LogP contribution in [0.25, 0.3) is 0 Å². The average Bonchev–Trinajstić information content (AvgIpc) is 2.36. The molecule has 0 bridgehead atoms. The summed E-state index contributed by atoms with van der Waals surface area (Å²) < 4.78 is 11.9. The highest BCUT2D eigenvalue weighted by atomic mass is 19.1. The summed E-state index contributed by atoms with van der Waals surface area (Å²) >= 11 is 0. The maximum atomic E-state index is 11.9. The number of hydrogen-bond donors (Lipinski definition) is 1. The smallest absolute Gasteiger partial charge is 0.0897 e. The second kappa shape index (κ2) is 3.88. The third-order valence-corrected chi connectivity index (χ3v) is 2.13. The van der Waals surface area contributed by atoms with Gasteiger partial charge in [0.05, 0.1) is 6.67 Å². The van der Waals surface area contributed by atoms with Crippen LogP contribution in [0.4, 0.5) is 4.39 Å². The first-order valence-electron chi connectivity index (χ1n) is 3.81. The summed E-state index contributed by atoms with van der Waals surface area (Å²) in [6.07, 6.45) is 1.68. The van der Waals surface area contributed by atoms with E-state index in [0.29, 0.717) is 18.9 Å². The molecule has 0 spiro atoms. The van der Waals surface area contributed by atoms with Crippen molar-refractivity contribution in [2.24, 2.45) is 11.7 Å². The number of nitrogens with zero attached hydrogens (tertiary/aromatic N) is 1. The number of alkyl halides is 1. The zero-order valence-corrected chi connectivity index (χ0v) is 6.09. The van der Waals surface area contributed by atoms with E-state index in [4.69, 9.17) is 5.73 Å². The Balaban J connectivity index is 2.27. The second-order valence-corrected chi connectivity index (χ2v) is 2.74. The first-order chi connectivity index (χ1) is 4.88. The Labute approximate surface area is 61.0 Å². The first-order valence-corrected chi connectivity index (χ1v) is 3.81. The summed E-state index contributed by atoms with van der Waals surface area (Å²) in [5.74, 6) is 0.426. The number of hydrogen-bond acceptors (Lipinski definition) is 1. The van der Waals surface area contributed by atoms with Crippen molar-refractivity contribution in [2.45, 2.75) is 18.9 Å². The van der Waals surface area contributed by atoms with Crippen molar-refractivity contribution in [3.05, 3.63) is 0 Å². The molecular formula is C7H14FN2. The summed E-state index contributed by atoms with van der Waals surface area (Å²) in [7, 11) is 0. The summed E-state index contributed by atoms with van der Waals surface area (Å²) in [5, 5.41) is 4.26. The molecule has 2 nitrogen and oxygen atoms in total. The van der Waals surface area contributed by atoms with Crippen LogP contribution in [0.5, 0.6) is 0 Å². The Bertz CT molecular complexity index is 97.6. The van der Waals surface area contributed by atoms with E-state index in [2.05, 4.69) is 5.32 Å². The molecule has 1 aliphatic rings. The highest BCUT2D eigenvalue weighted by Crippen LogP contribution is 2.19. The van der Waals surface area contributed by atoms with Gasteiger partial charge in [0.2, 0.25) is 0 Å². The van der Waals surface area contributed by atoms with Gasteiger partial charge < -0.3 is 5.73 Å². The molecule has 1 fully saturated rings. The molecule has 59 valence electrons. The molecule has 0 saturated carbocycles. The number of halogens is 1. The minimum Gasteiger partial charge on any atom is -0.329 e. The van der Waals surface area contributed by atoms with Crippen molar-refractivity contribution in [1.82, 2.24) is 5.32 Å². The molecule has 2 unspecified atom stereocenters. The Kier molecular flexibility index (Phi) is 3.09. The second-order valence-electron chi connectivity index (χ2n) is 2.74. The number of nitrogens with two attached hydrogens (primary N) is 1. The van der Waals surface area contributed by atoms with Gasteiger partial charge in [0.1, 0.15) is 0 Å². The average molecular weight is 145 g/mol. The normalized spacial score (nSPS) is 33.0. The lowest BCUT2D eigenvalue weighted by molar-refractivity contribution is 0.357. The third-order valence-electron chi connectivity index (χ3n) is 2.13. The molecule has 0 aliphatic carbocycles. The van der Waals surface area contributed by atoms with E-state index in [1.54, 1.807) is 0 Å². The minimum absolute atomic E-state index is 0.226. The predicted octanol–water partition coefficient (Wildman–Crippen LogP) is 0.298. The fourth-order valence-electron chi connectivity index (χ4n) is 1.49. The Morgan fingerprint density at radius 2 is 2.40 bits per heavy atom. The van der Waals surface area contributed by atoms with Crippen molar-refractivity contribution in [3.63, 3.8) is 0 Å². The van der Waals surface area contributed by atoms with Gasteiger partial charge in [-0.3, -0.25) is 4.39 Å². The standard InChI is InChI=1S/C7H14FN2/c8-3-1-6-2-4-10-7(6)5-9/h6-7H,1-5,9H2. The lowest BCUT2D eigenvalue weighted by atomic mass is 9.98. The monoisotopic (exact) mass is 145 g/mol. The SMILES string of the molecule is NCC1[N]CCC1CCF. The van der Waals surface area contributed by atoms with Gasteiger partial charge in [0.25, 0.3) is 0 Å². The first kappa shape index (κ1) is 7.95. The van der Waals surface area contributed by atoms with Crippen molar-refractivity contribution in [2.75, 3.05) is 19.8 Å². The van der Waals surface area contributed by atoms with E-state index in [9.17, 15) is 4.39 Å². The molecular weight excluding hydrogens is 131 g/mol. The zero-order chi connectivity index (χ0) is 7.40. The van der Waals surface area contributed by atoms with Crippen LogP contribution in [0.3, 0.4) is 0 Å². The maximum absolute atomic E-state index is 11.9. The molecule has 0 aromatic rings. The molecule has 0 aromatic carbocycles. The van der Waals surface area contributed by atoms with E-state index >= 15 is 0 Å². The van der Waals surface area contributed by atoms with Gasteiger partial charge in [0, 0.05) is 19.1 Å². The molecule has 1 radical (unpaired) electrons. The van der Waals surface area contributed by atoms with Crippen molar-refractivity contribution in [1.29, 1.82) is 0 Å². The molecule has 3 heteroatoms. The van der Waals surface area contributed by atoms with E-state index < -0.39 is 0 Å². The van der Waals surface area contributed by atoms with E-state index in [-0.39, 0.29) is 12.7 Å².